The number of aromatic nitrogens is 2. The molecular weight excluding hydrogens is 424 g/mol. The van der Waals surface area contributed by atoms with E-state index in [0.29, 0.717) is 11.7 Å². The van der Waals surface area contributed by atoms with Crippen molar-refractivity contribution in [1.29, 1.82) is 0 Å². The van der Waals surface area contributed by atoms with E-state index >= 15 is 0 Å². The van der Waals surface area contributed by atoms with E-state index in [4.69, 9.17) is 17.0 Å². The molecule has 5 rings (SSSR count). The predicted molar refractivity (Wildman–Crippen MR) is 124 cm³/mol. The number of pyridine rings is 1. The van der Waals surface area contributed by atoms with Crippen LogP contribution in [0.3, 0.4) is 0 Å². The van der Waals surface area contributed by atoms with Crippen molar-refractivity contribution < 1.29 is 14.6 Å². The van der Waals surface area contributed by atoms with Crippen LogP contribution in [0.1, 0.15) is 46.7 Å². The zero-order valence-corrected chi connectivity index (χ0v) is 18.2. The summed E-state index contributed by atoms with van der Waals surface area (Å²) in [7, 11) is 0. The number of nitrogens with zero attached hydrogens (tertiary/aromatic N) is 3. The van der Waals surface area contributed by atoms with Crippen molar-refractivity contribution in [3.05, 3.63) is 83.9 Å². The summed E-state index contributed by atoms with van der Waals surface area (Å²) >= 11 is 5.76. The van der Waals surface area contributed by atoms with E-state index in [-0.39, 0.29) is 23.8 Å². The van der Waals surface area contributed by atoms with E-state index in [2.05, 4.69) is 21.3 Å². The van der Waals surface area contributed by atoms with Gasteiger partial charge in [0.1, 0.15) is 0 Å². The Labute approximate surface area is 191 Å². The number of rotatable bonds is 6. The minimum atomic E-state index is -0.948. The second-order valence-electron chi connectivity index (χ2n) is 8.07. The molecule has 0 spiro atoms. The molecule has 32 heavy (non-hydrogen) atoms. The summed E-state index contributed by atoms with van der Waals surface area (Å²) < 4.78 is 7.94. The van der Waals surface area contributed by atoms with Crippen LogP contribution in [0.2, 0.25) is 0 Å². The molecule has 4 heterocycles. The van der Waals surface area contributed by atoms with Crippen molar-refractivity contribution in [3.63, 3.8) is 0 Å². The Balaban J connectivity index is 1.57. The molecule has 3 unspecified atom stereocenters. The van der Waals surface area contributed by atoms with Gasteiger partial charge in [0.2, 0.25) is 0 Å². The molecule has 7 nitrogen and oxygen atoms in total. The highest BCUT2D eigenvalue weighted by atomic mass is 32.1. The molecule has 2 aromatic heterocycles. The minimum Gasteiger partial charge on any atom is -0.478 e. The molecule has 1 aromatic carbocycles. The molecule has 2 fully saturated rings. The molecule has 8 heteroatoms. The molecule has 0 radical (unpaired) electrons. The average Bonchev–Trinajstić information content (AvgIpc) is 3.56. The Morgan fingerprint density at radius 2 is 2.12 bits per heavy atom. The van der Waals surface area contributed by atoms with Crippen LogP contribution in [0.25, 0.3) is 5.69 Å². The molecule has 2 saturated heterocycles. The second kappa shape index (κ2) is 8.72. The number of hydrogen-bond donors (Lipinski definition) is 2. The normalized spacial score (nSPS) is 22.8. The van der Waals surface area contributed by atoms with Gasteiger partial charge in [-0.05, 0) is 67.5 Å². The van der Waals surface area contributed by atoms with Crippen LogP contribution >= 0.6 is 12.2 Å². The first-order valence-corrected chi connectivity index (χ1v) is 11.1. The van der Waals surface area contributed by atoms with Crippen LogP contribution in [-0.4, -0.2) is 49.9 Å². The third-order valence-electron chi connectivity index (χ3n) is 6.08. The lowest BCUT2D eigenvalue weighted by molar-refractivity contribution is 0.0696. The smallest absolute Gasteiger partial charge is 0.335 e. The van der Waals surface area contributed by atoms with Crippen molar-refractivity contribution in [1.82, 2.24) is 19.8 Å². The summed E-state index contributed by atoms with van der Waals surface area (Å²) in [4.78, 5) is 18.3. The summed E-state index contributed by atoms with van der Waals surface area (Å²) in [6, 6.07) is 16.6. The van der Waals surface area contributed by atoms with Crippen molar-refractivity contribution >= 4 is 23.3 Å². The highest BCUT2D eigenvalue weighted by Crippen LogP contribution is 2.40. The van der Waals surface area contributed by atoms with Crippen molar-refractivity contribution in [2.45, 2.75) is 31.0 Å². The lowest BCUT2D eigenvalue weighted by Gasteiger charge is -2.30. The van der Waals surface area contributed by atoms with E-state index in [9.17, 15) is 9.90 Å². The number of thiocarbonyl (C=S) groups is 1. The SMILES string of the molecule is O=C(O)c1cccc(-n2cccc2C2C(c3ccccn3)NC(=S)N2CC2CCCO2)c1. The summed E-state index contributed by atoms with van der Waals surface area (Å²) in [5.74, 6) is -0.948. The first-order valence-electron chi connectivity index (χ1n) is 10.7. The van der Waals surface area contributed by atoms with Gasteiger partial charge < -0.3 is 24.6 Å². The topological polar surface area (TPSA) is 79.6 Å². The van der Waals surface area contributed by atoms with Crippen LogP contribution in [0.4, 0.5) is 0 Å². The summed E-state index contributed by atoms with van der Waals surface area (Å²) in [6.45, 7) is 1.48. The van der Waals surface area contributed by atoms with Gasteiger partial charge in [0.15, 0.2) is 5.11 Å². The van der Waals surface area contributed by atoms with E-state index in [1.807, 2.05) is 41.1 Å². The van der Waals surface area contributed by atoms with Gasteiger partial charge in [0.05, 0.1) is 29.4 Å². The zero-order valence-electron chi connectivity index (χ0n) is 17.4. The molecular formula is C24H24N4O3S. The monoisotopic (exact) mass is 448 g/mol. The molecule has 0 saturated carbocycles. The number of ether oxygens (including phenoxy) is 1. The molecule has 0 aliphatic carbocycles. The Kier molecular flexibility index (Phi) is 5.63. The van der Waals surface area contributed by atoms with Crippen LogP contribution in [-0.2, 0) is 4.74 Å². The van der Waals surface area contributed by atoms with E-state index < -0.39 is 5.97 Å². The summed E-state index contributed by atoms with van der Waals surface area (Å²) in [6.07, 6.45) is 5.96. The minimum absolute atomic E-state index is 0.120. The quantitative estimate of drug-likeness (QED) is 0.557. The number of aromatic carboxylic acids is 1. The van der Waals surface area contributed by atoms with Gasteiger partial charge in [0.25, 0.3) is 0 Å². The molecule has 2 N–H and O–H groups in total. The number of hydrogen-bond acceptors (Lipinski definition) is 4. The van der Waals surface area contributed by atoms with Crippen molar-refractivity contribution in [3.8, 4) is 5.69 Å². The fraction of sp³-hybridized carbons (Fsp3) is 0.292. The Hall–Kier alpha value is -3.23. The third-order valence-corrected chi connectivity index (χ3v) is 6.43. The van der Waals surface area contributed by atoms with Crippen LogP contribution in [0, 0.1) is 0 Å². The van der Waals surface area contributed by atoms with Crippen LogP contribution in [0.15, 0.2) is 67.0 Å². The Morgan fingerprint density at radius 1 is 1.22 bits per heavy atom. The largest absolute Gasteiger partial charge is 0.478 e. The molecule has 164 valence electrons. The van der Waals surface area contributed by atoms with Gasteiger partial charge in [0, 0.05) is 36.9 Å². The average molecular weight is 449 g/mol. The standard InChI is InChI=1S/C24H24N4O3S/c29-23(30)16-6-3-7-17(14-16)27-12-4-10-20(27)22-21(19-9-1-2-11-25-19)26-24(32)28(22)15-18-8-5-13-31-18/h1-4,6-7,9-12,14,18,21-22H,5,8,13,15H2,(H,26,32)(H,29,30). The van der Waals surface area contributed by atoms with Crippen molar-refractivity contribution in [2.75, 3.05) is 13.2 Å². The van der Waals surface area contributed by atoms with Crippen molar-refractivity contribution in [2.24, 2.45) is 0 Å². The van der Waals surface area contributed by atoms with Gasteiger partial charge in [-0.2, -0.15) is 0 Å². The number of carboxylic acid groups (broad SMARTS) is 1. The first kappa shape index (κ1) is 20.7. The maximum atomic E-state index is 11.5. The van der Waals surface area contributed by atoms with E-state index in [0.717, 1.165) is 36.5 Å². The second-order valence-corrected chi connectivity index (χ2v) is 8.46. The van der Waals surface area contributed by atoms with E-state index in [1.165, 1.54) is 0 Å². The summed E-state index contributed by atoms with van der Waals surface area (Å²) in [5, 5.41) is 13.6. The molecule has 2 aliphatic rings. The molecule has 0 bridgehead atoms. The fourth-order valence-electron chi connectivity index (χ4n) is 4.59. The van der Waals surface area contributed by atoms with Gasteiger partial charge in [-0.3, -0.25) is 4.98 Å². The maximum absolute atomic E-state index is 11.5. The van der Waals surface area contributed by atoms with Crippen LogP contribution in [0.5, 0.6) is 0 Å². The molecule has 3 aromatic rings. The van der Waals surface area contributed by atoms with Gasteiger partial charge >= 0.3 is 5.97 Å². The Morgan fingerprint density at radius 3 is 2.88 bits per heavy atom. The number of nitrogens with one attached hydrogen (secondary N) is 1. The lowest BCUT2D eigenvalue weighted by atomic mass is 10.0. The first-order chi connectivity index (χ1) is 15.6. The molecule has 2 aliphatic heterocycles. The lowest BCUT2D eigenvalue weighted by Crippen LogP contribution is -2.36. The Bertz CT molecular complexity index is 1130. The van der Waals surface area contributed by atoms with Gasteiger partial charge in [-0.25, -0.2) is 4.79 Å². The molecule has 3 atom stereocenters. The van der Waals surface area contributed by atoms with Gasteiger partial charge in [-0.1, -0.05) is 12.1 Å². The number of carbonyl (C=O) groups is 1. The predicted octanol–water partition coefficient (Wildman–Crippen LogP) is 3.72. The maximum Gasteiger partial charge on any atom is 0.335 e. The van der Waals surface area contributed by atoms with Crippen LogP contribution < -0.4 is 5.32 Å². The number of benzene rings is 1. The van der Waals surface area contributed by atoms with Gasteiger partial charge in [-0.15, -0.1) is 0 Å². The number of carboxylic acids is 1. The summed E-state index contributed by atoms with van der Waals surface area (Å²) in [5.41, 5.74) is 2.95. The fourth-order valence-corrected chi connectivity index (χ4v) is 4.91. The highest BCUT2D eigenvalue weighted by Gasteiger charge is 2.42. The third kappa shape index (κ3) is 3.87. The zero-order chi connectivity index (χ0) is 22.1. The molecule has 0 amide bonds. The van der Waals surface area contributed by atoms with E-state index in [1.54, 1.807) is 24.4 Å². The highest BCUT2D eigenvalue weighted by molar-refractivity contribution is 7.80.